The zero-order chi connectivity index (χ0) is 35.0. The first kappa shape index (κ1) is 32.6. The van der Waals surface area contributed by atoms with Gasteiger partial charge in [-0.1, -0.05) is 39.2 Å². The number of carbonyl (C=O) groups is 8. The molecule has 0 N–H and O–H groups in total. The summed E-state index contributed by atoms with van der Waals surface area (Å²) in [5.74, 6) is -6.93. The summed E-state index contributed by atoms with van der Waals surface area (Å²) in [6, 6.07) is 9.49. The molecule has 2 saturated heterocycles. The molecule has 5 aliphatic rings. The summed E-state index contributed by atoms with van der Waals surface area (Å²) in [6.07, 6.45) is 2.82. The largest absolute Gasteiger partial charge is 0.279 e. The number of amides is 8. The predicted molar refractivity (Wildman–Crippen MR) is 176 cm³/mol. The van der Waals surface area contributed by atoms with E-state index in [0.29, 0.717) is 48.7 Å². The highest BCUT2D eigenvalue weighted by atomic mass is 16.2. The highest BCUT2D eigenvalue weighted by Crippen LogP contribution is 2.56. The second-order valence-electron chi connectivity index (χ2n) is 13.7. The van der Waals surface area contributed by atoms with Crippen molar-refractivity contribution in [3.8, 4) is 0 Å². The van der Waals surface area contributed by atoms with Crippen LogP contribution in [-0.2, 0) is 25.6 Å². The molecule has 5 unspecified atom stereocenters. The van der Waals surface area contributed by atoms with Gasteiger partial charge in [0, 0.05) is 18.5 Å². The normalized spacial score (nSPS) is 25.0. The van der Waals surface area contributed by atoms with Crippen LogP contribution in [0.2, 0.25) is 6.32 Å². The predicted octanol–water partition coefficient (Wildman–Crippen LogP) is 2.05. The van der Waals surface area contributed by atoms with Gasteiger partial charge in [0.05, 0.1) is 40.0 Å². The molecular formula is C36H37BN4O8. The van der Waals surface area contributed by atoms with E-state index in [2.05, 4.69) is 0 Å². The number of hydrogen-bond donors (Lipinski definition) is 0. The Morgan fingerprint density at radius 2 is 1.12 bits per heavy atom. The molecule has 252 valence electrons. The number of fused-ring (bicyclic) bond motifs is 6. The minimum atomic E-state index is -0.909. The molecule has 8 amide bonds. The van der Waals surface area contributed by atoms with E-state index in [1.54, 1.807) is 30.3 Å². The second-order valence-corrected chi connectivity index (χ2v) is 13.7. The third-order valence-electron chi connectivity index (χ3n) is 11.3. The molecule has 7 rings (SSSR count). The SMILES string of the molecule is BCC(CC)N1C(=O)c2ccc(Cc3ccc4c(c3)C(=O)N(CN3C(=O)C5C6CC(=O)N(C(CC)CC)C(=O)C6C5C3=O)C4=O)cc2C1=O. The van der Waals surface area contributed by atoms with Gasteiger partial charge in [-0.3, -0.25) is 58.0 Å². The third kappa shape index (κ3) is 4.64. The monoisotopic (exact) mass is 664 g/mol. The Bertz CT molecular complexity index is 1880. The van der Waals surface area contributed by atoms with Gasteiger partial charge in [0.2, 0.25) is 23.6 Å². The highest BCUT2D eigenvalue weighted by molar-refractivity contribution is 6.23. The van der Waals surface area contributed by atoms with Crippen LogP contribution < -0.4 is 0 Å². The minimum absolute atomic E-state index is 0.00166. The van der Waals surface area contributed by atoms with Crippen molar-refractivity contribution in [2.45, 2.75) is 71.3 Å². The summed E-state index contributed by atoms with van der Waals surface area (Å²) in [6.45, 7) is 5.15. The van der Waals surface area contributed by atoms with Crippen LogP contribution in [0.15, 0.2) is 36.4 Å². The van der Waals surface area contributed by atoms with E-state index in [1.807, 2.05) is 28.6 Å². The van der Waals surface area contributed by atoms with E-state index in [4.69, 9.17) is 0 Å². The lowest BCUT2D eigenvalue weighted by Crippen LogP contribution is -2.63. The molecule has 49 heavy (non-hydrogen) atoms. The Morgan fingerprint density at radius 1 is 0.612 bits per heavy atom. The number of piperidine rings is 1. The maximum absolute atomic E-state index is 13.6. The number of nitrogens with zero attached hydrogens (tertiary/aromatic N) is 4. The van der Waals surface area contributed by atoms with Gasteiger partial charge in [0.25, 0.3) is 23.6 Å². The second kappa shape index (κ2) is 11.9. The molecular weight excluding hydrogens is 627 g/mol. The smallest absolute Gasteiger partial charge is 0.263 e. The fourth-order valence-electron chi connectivity index (χ4n) is 8.65. The van der Waals surface area contributed by atoms with Gasteiger partial charge in [-0.15, -0.1) is 0 Å². The first-order valence-corrected chi connectivity index (χ1v) is 17.2. The van der Waals surface area contributed by atoms with Crippen molar-refractivity contribution in [1.29, 1.82) is 0 Å². The topological polar surface area (TPSA) is 150 Å². The molecule has 12 nitrogen and oxygen atoms in total. The average Bonchev–Trinajstić information content (AvgIpc) is 3.55. The van der Waals surface area contributed by atoms with Crippen LogP contribution in [0.3, 0.4) is 0 Å². The summed E-state index contributed by atoms with van der Waals surface area (Å²) in [4.78, 5) is 111. The van der Waals surface area contributed by atoms with E-state index >= 15 is 0 Å². The van der Waals surface area contributed by atoms with E-state index in [-0.39, 0.29) is 47.4 Å². The molecule has 2 aromatic carbocycles. The van der Waals surface area contributed by atoms with Crippen LogP contribution in [0.4, 0.5) is 0 Å². The number of rotatable bonds is 10. The summed E-state index contributed by atoms with van der Waals surface area (Å²) in [5, 5.41) is 0. The summed E-state index contributed by atoms with van der Waals surface area (Å²) < 4.78 is 0. The maximum atomic E-state index is 13.6. The van der Waals surface area contributed by atoms with Crippen molar-refractivity contribution >= 4 is 55.1 Å². The third-order valence-corrected chi connectivity index (χ3v) is 11.3. The summed E-state index contributed by atoms with van der Waals surface area (Å²) in [5.41, 5.74) is 2.42. The lowest BCUT2D eigenvalue weighted by atomic mass is 9.54. The molecule has 1 saturated carbocycles. The van der Waals surface area contributed by atoms with Crippen LogP contribution in [0.1, 0.15) is 99.0 Å². The fraction of sp³-hybridized carbons (Fsp3) is 0.444. The van der Waals surface area contributed by atoms with E-state index in [0.717, 1.165) is 15.4 Å². The molecule has 0 aromatic heterocycles. The number of imide groups is 4. The number of likely N-dealkylation sites (tertiary alicyclic amines) is 2. The van der Waals surface area contributed by atoms with Crippen LogP contribution >= 0.6 is 0 Å². The molecule has 0 spiro atoms. The van der Waals surface area contributed by atoms with Crippen molar-refractivity contribution in [3.05, 3.63) is 69.8 Å². The summed E-state index contributed by atoms with van der Waals surface area (Å²) >= 11 is 0. The van der Waals surface area contributed by atoms with Gasteiger partial charge in [0.15, 0.2) is 0 Å². The number of carbonyl (C=O) groups excluding carboxylic acids is 8. The first-order chi connectivity index (χ1) is 23.5. The van der Waals surface area contributed by atoms with Crippen molar-refractivity contribution in [3.63, 3.8) is 0 Å². The summed E-state index contributed by atoms with van der Waals surface area (Å²) in [7, 11) is 1.94. The molecule has 0 bridgehead atoms. The minimum Gasteiger partial charge on any atom is -0.279 e. The molecule has 3 fully saturated rings. The lowest BCUT2D eigenvalue weighted by molar-refractivity contribution is -0.175. The number of hydrogen-bond acceptors (Lipinski definition) is 8. The van der Waals surface area contributed by atoms with Gasteiger partial charge in [-0.25, -0.2) is 0 Å². The fourth-order valence-corrected chi connectivity index (χ4v) is 8.65. The molecule has 1 aliphatic carbocycles. The van der Waals surface area contributed by atoms with Crippen molar-refractivity contribution in [2.75, 3.05) is 6.67 Å². The Hall–Kier alpha value is -4.94. The first-order valence-electron chi connectivity index (χ1n) is 17.2. The van der Waals surface area contributed by atoms with Crippen molar-refractivity contribution < 1.29 is 38.4 Å². The number of benzene rings is 2. The molecule has 13 heteroatoms. The van der Waals surface area contributed by atoms with Crippen LogP contribution in [0.25, 0.3) is 0 Å². The van der Waals surface area contributed by atoms with E-state index in [1.165, 1.54) is 15.9 Å². The van der Waals surface area contributed by atoms with Gasteiger partial charge in [0.1, 0.15) is 14.5 Å². The highest BCUT2D eigenvalue weighted by Gasteiger charge is 2.69. The Balaban J connectivity index is 1.07. The molecule has 4 aliphatic heterocycles. The van der Waals surface area contributed by atoms with E-state index in [9.17, 15) is 38.4 Å². The Kier molecular flexibility index (Phi) is 7.91. The van der Waals surface area contributed by atoms with Crippen LogP contribution in [0.5, 0.6) is 0 Å². The van der Waals surface area contributed by atoms with Crippen LogP contribution in [-0.4, -0.2) is 93.5 Å². The molecule has 5 atom stereocenters. The molecule has 0 radical (unpaired) electrons. The Morgan fingerprint density at radius 3 is 1.71 bits per heavy atom. The van der Waals surface area contributed by atoms with Crippen molar-refractivity contribution in [1.82, 2.24) is 19.6 Å². The standard InChI is InChI=1S/C36H37BN4O8/c1-4-19(5-2)40-26(42)14-25-27-29(28(25)36(40)49)35(48)39(34(27)47)16-38-30(43)21-9-7-17(12-23(21)31(38)44)11-18-8-10-22-24(13-18)33(46)41(32(22)45)20(6-3)15-37/h7-10,12-13,19-20,25,27-29H,4-6,11,14-16,37H2,1-3H3. The van der Waals surface area contributed by atoms with Gasteiger partial charge >= 0.3 is 0 Å². The van der Waals surface area contributed by atoms with E-state index < -0.39 is 59.9 Å². The quantitative estimate of drug-likeness (QED) is 0.277. The van der Waals surface area contributed by atoms with Gasteiger partial charge in [-0.2, -0.15) is 0 Å². The zero-order valence-corrected chi connectivity index (χ0v) is 27.9. The zero-order valence-electron chi connectivity index (χ0n) is 27.9. The molecule has 2 aromatic rings. The Labute approximate surface area is 284 Å². The lowest BCUT2D eigenvalue weighted by Gasteiger charge is -2.50. The van der Waals surface area contributed by atoms with Gasteiger partial charge in [-0.05, 0) is 67.0 Å². The molecule has 4 heterocycles. The van der Waals surface area contributed by atoms with Crippen LogP contribution in [0, 0.1) is 23.7 Å². The maximum Gasteiger partial charge on any atom is 0.263 e. The average molecular weight is 665 g/mol. The van der Waals surface area contributed by atoms with Gasteiger partial charge < -0.3 is 0 Å². The van der Waals surface area contributed by atoms with Crippen molar-refractivity contribution in [2.24, 2.45) is 23.7 Å².